The third-order valence-electron chi connectivity index (χ3n) is 6.50. The lowest BCUT2D eigenvalue weighted by molar-refractivity contribution is 0.216. The van der Waals surface area contributed by atoms with Gasteiger partial charge in [0.2, 0.25) is 0 Å². The van der Waals surface area contributed by atoms with E-state index >= 15 is 0 Å². The number of nitrogens with zero attached hydrogens (tertiary/aromatic N) is 2. The van der Waals surface area contributed by atoms with Crippen LogP contribution in [0.3, 0.4) is 0 Å². The average molecular weight is 510 g/mol. The van der Waals surface area contributed by atoms with E-state index in [2.05, 4.69) is 68.3 Å². The smallest absolute Gasteiger partial charge is 0.131 e. The van der Waals surface area contributed by atoms with Crippen molar-refractivity contribution in [2.75, 3.05) is 19.6 Å². The molecule has 2 aliphatic rings. The van der Waals surface area contributed by atoms with Crippen LogP contribution in [0.5, 0.6) is 5.75 Å². The molecule has 2 aliphatic heterocycles. The molecule has 5 rings (SSSR count). The standard InChI is InChI=1S/C27H26BrClN2O/c28-21-7-10-25-23(24-3-1-13-30-26(24)18-32-27(25)17-21)4-2-14-31-15-11-20(12-16-31)19-5-8-22(29)9-6-19/h1,3-10,13,17,20H,2,11-12,14-16,18H2. The monoisotopic (exact) mass is 508 g/mol. The number of fused-ring (bicyclic) bond motifs is 2. The van der Waals surface area contributed by atoms with Crippen LogP contribution in [0.4, 0.5) is 0 Å². The first-order valence-electron chi connectivity index (χ1n) is 11.2. The Labute approximate surface area is 203 Å². The molecule has 0 radical (unpaired) electrons. The van der Waals surface area contributed by atoms with Crippen molar-refractivity contribution in [1.29, 1.82) is 0 Å². The summed E-state index contributed by atoms with van der Waals surface area (Å²) < 4.78 is 7.12. The number of pyridine rings is 1. The van der Waals surface area contributed by atoms with Gasteiger partial charge < -0.3 is 9.64 Å². The highest BCUT2D eigenvalue weighted by Gasteiger charge is 2.22. The number of likely N-dealkylation sites (tertiary alicyclic amines) is 1. The van der Waals surface area contributed by atoms with Crippen LogP contribution >= 0.6 is 27.5 Å². The van der Waals surface area contributed by atoms with Gasteiger partial charge in [-0.3, -0.25) is 4.98 Å². The molecule has 2 aromatic carbocycles. The highest BCUT2D eigenvalue weighted by atomic mass is 79.9. The van der Waals surface area contributed by atoms with E-state index in [1.807, 2.05) is 24.4 Å². The largest absolute Gasteiger partial charge is 0.487 e. The minimum absolute atomic E-state index is 0.495. The Kier molecular flexibility index (Phi) is 6.63. The molecule has 1 aromatic heterocycles. The van der Waals surface area contributed by atoms with Gasteiger partial charge >= 0.3 is 0 Å². The summed E-state index contributed by atoms with van der Waals surface area (Å²) in [5.74, 6) is 1.55. The van der Waals surface area contributed by atoms with Gasteiger partial charge in [-0.05, 0) is 85.8 Å². The summed E-state index contributed by atoms with van der Waals surface area (Å²) in [6.45, 7) is 3.84. The van der Waals surface area contributed by atoms with Gasteiger partial charge in [-0.2, -0.15) is 0 Å². The number of piperidine rings is 1. The van der Waals surface area contributed by atoms with Crippen LogP contribution < -0.4 is 4.74 Å². The zero-order valence-electron chi connectivity index (χ0n) is 17.9. The molecule has 3 nitrogen and oxygen atoms in total. The second-order valence-electron chi connectivity index (χ2n) is 8.50. The summed E-state index contributed by atoms with van der Waals surface area (Å²) in [7, 11) is 0. The van der Waals surface area contributed by atoms with Crippen molar-refractivity contribution < 1.29 is 4.74 Å². The van der Waals surface area contributed by atoms with Gasteiger partial charge in [-0.25, -0.2) is 0 Å². The Morgan fingerprint density at radius 1 is 1.06 bits per heavy atom. The maximum atomic E-state index is 6.09. The fraction of sp³-hybridized carbons (Fsp3) is 0.296. The minimum Gasteiger partial charge on any atom is -0.487 e. The van der Waals surface area contributed by atoms with E-state index in [0.717, 1.165) is 52.6 Å². The molecule has 0 unspecified atom stereocenters. The van der Waals surface area contributed by atoms with Gasteiger partial charge in [-0.1, -0.05) is 51.8 Å². The first-order valence-corrected chi connectivity index (χ1v) is 12.4. The SMILES string of the molecule is Clc1ccc(C2CCN(CCC=C3c4ccc(Br)cc4OCc4ncccc43)CC2)cc1. The lowest BCUT2D eigenvalue weighted by Crippen LogP contribution is -2.33. The van der Waals surface area contributed by atoms with Crippen LogP contribution in [0.2, 0.25) is 5.02 Å². The number of aromatic nitrogens is 1. The molecule has 164 valence electrons. The topological polar surface area (TPSA) is 25.4 Å². The molecule has 32 heavy (non-hydrogen) atoms. The van der Waals surface area contributed by atoms with Crippen molar-refractivity contribution in [2.24, 2.45) is 0 Å². The Balaban J connectivity index is 1.28. The van der Waals surface area contributed by atoms with Crippen LogP contribution in [0, 0.1) is 0 Å². The molecule has 1 saturated heterocycles. The highest BCUT2D eigenvalue weighted by Crippen LogP contribution is 2.38. The summed E-state index contributed by atoms with van der Waals surface area (Å²) >= 11 is 9.62. The van der Waals surface area contributed by atoms with Gasteiger partial charge in [0.05, 0.1) is 5.69 Å². The molecule has 3 heterocycles. The highest BCUT2D eigenvalue weighted by molar-refractivity contribution is 9.10. The third-order valence-corrected chi connectivity index (χ3v) is 7.25. The van der Waals surface area contributed by atoms with Crippen LogP contribution in [-0.2, 0) is 6.61 Å². The van der Waals surface area contributed by atoms with Crippen LogP contribution in [0.15, 0.2) is 71.3 Å². The zero-order valence-corrected chi connectivity index (χ0v) is 20.3. The number of hydrogen-bond acceptors (Lipinski definition) is 3. The van der Waals surface area contributed by atoms with Crippen molar-refractivity contribution in [1.82, 2.24) is 9.88 Å². The Morgan fingerprint density at radius 3 is 2.69 bits per heavy atom. The third kappa shape index (κ3) is 4.78. The van der Waals surface area contributed by atoms with Crippen molar-refractivity contribution in [3.8, 4) is 5.75 Å². The summed E-state index contributed by atoms with van der Waals surface area (Å²) in [4.78, 5) is 7.17. The molecular formula is C27H26BrClN2O. The molecule has 0 saturated carbocycles. The lowest BCUT2D eigenvalue weighted by Gasteiger charge is -2.32. The van der Waals surface area contributed by atoms with Gasteiger partial charge in [-0.15, -0.1) is 0 Å². The van der Waals surface area contributed by atoms with Crippen molar-refractivity contribution in [2.45, 2.75) is 31.8 Å². The predicted octanol–water partition coefficient (Wildman–Crippen LogP) is 7.09. The van der Waals surface area contributed by atoms with Crippen molar-refractivity contribution >= 4 is 33.1 Å². The van der Waals surface area contributed by atoms with Gasteiger partial charge in [0.15, 0.2) is 0 Å². The Hall–Kier alpha value is -2.14. The number of ether oxygens (including phenoxy) is 1. The first-order chi connectivity index (χ1) is 15.7. The molecule has 0 bridgehead atoms. The fourth-order valence-electron chi connectivity index (χ4n) is 4.76. The van der Waals surface area contributed by atoms with E-state index < -0.39 is 0 Å². The van der Waals surface area contributed by atoms with E-state index in [0.29, 0.717) is 12.5 Å². The molecular weight excluding hydrogens is 484 g/mol. The molecule has 1 fully saturated rings. The van der Waals surface area contributed by atoms with E-state index in [1.165, 1.54) is 29.5 Å². The second-order valence-corrected chi connectivity index (χ2v) is 9.85. The van der Waals surface area contributed by atoms with Crippen LogP contribution in [0.1, 0.15) is 47.6 Å². The maximum absolute atomic E-state index is 6.09. The van der Waals surface area contributed by atoms with Crippen molar-refractivity contribution in [3.05, 3.63) is 98.7 Å². The predicted molar refractivity (Wildman–Crippen MR) is 134 cm³/mol. The second kappa shape index (κ2) is 9.78. The minimum atomic E-state index is 0.495. The Morgan fingerprint density at radius 2 is 1.88 bits per heavy atom. The van der Waals surface area contributed by atoms with Gasteiger partial charge in [0.1, 0.15) is 12.4 Å². The first kappa shape index (κ1) is 21.7. The summed E-state index contributed by atoms with van der Waals surface area (Å²) in [6, 6.07) is 18.8. The summed E-state index contributed by atoms with van der Waals surface area (Å²) in [6.07, 6.45) is 7.62. The van der Waals surface area contributed by atoms with E-state index in [9.17, 15) is 0 Å². The van der Waals surface area contributed by atoms with Crippen LogP contribution in [-0.4, -0.2) is 29.5 Å². The molecule has 3 aromatic rings. The quantitative estimate of drug-likeness (QED) is 0.375. The molecule has 0 aliphatic carbocycles. The fourth-order valence-corrected chi connectivity index (χ4v) is 5.23. The Bertz CT molecular complexity index is 1120. The van der Waals surface area contributed by atoms with E-state index in [4.69, 9.17) is 16.3 Å². The van der Waals surface area contributed by atoms with Crippen LogP contribution in [0.25, 0.3) is 5.57 Å². The van der Waals surface area contributed by atoms with Gasteiger partial charge in [0.25, 0.3) is 0 Å². The number of rotatable bonds is 4. The molecule has 5 heteroatoms. The molecule has 0 spiro atoms. The number of halogens is 2. The average Bonchev–Trinajstić information content (AvgIpc) is 2.97. The lowest BCUT2D eigenvalue weighted by atomic mass is 9.89. The zero-order chi connectivity index (χ0) is 21.9. The maximum Gasteiger partial charge on any atom is 0.131 e. The van der Waals surface area contributed by atoms with E-state index in [1.54, 1.807) is 0 Å². The normalized spacial score (nSPS) is 18.0. The number of benzene rings is 2. The molecule has 0 N–H and O–H groups in total. The summed E-state index contributed by atoms with van der Waals surface area (Å²) in [5, 5.41) is 0.814. The number of hydrogen-bond donors (Lipinski definition) is 0. The van der Waals surface area contributed by atoms with Crippen molar-refractivity contribution in [3.63, 3.8) is 0 Å². The summed E-state index contributed by atoms with van der Waals surface area (Å²) in [5.41, 5.74) is 5.96. The molecule has 0 atom stereocenters. The molecule has 0 amide bonds. The van der Waals surface area contributed by atoms with E-state index in [-0.39, 0.29) is 0 Å². The van der Waals surface area contributed by atoms with Gasteiger partial charge in [0, 0.05) is 33.4 Å².